The molecule has 22 heavy (non-hydrogen) atoms. The van der Waals surface area contributed by atoms with Crippen LogP contribution in [0.4, 0.5) is 5.69 Å². The third-order valence-electron chi connectivity index (χ3n) is 4.22. The van der Waals surface area contributed by atoms with E-state index in [1.165, 1.54) is 4.90 Å². The molecule has 2 rings (SSSR count). The van der Waals surface area contributed by atoms with Gasteiger partial charge in [-0.15, -0.1) is 0 Å². The maximum Gasteiger partial charge on any atom is 0.306 e. The van der Waals surface area contributed by atoms with Crippen LogP contribution >= 0.6 is 0 Å². The Hall–Kier alpha value is -2.37. The summed E-state index contributed by atoms with van der Waals surface area (Å²) >= 11 is 0. The van der Waals surface area contributed by atoms with Crippen molar-refractivity contribution in [2.75, 3.05) is 12.4 Å². The van der Waals surface area contributed by atoms with Gasteiger partial charge in [0.25, 0.3) is 0 Å². The normalized spacial score (nSPS) is 23.8. The van der Waals surface area contributed by atoms with Gasteiger partial charge in [-0.25, -0.2) is 0 Å². The fourth-order valence-electron chi connectivity index (χ4n) is 2.90. The molecule has 1 aromatic carbocycles. The zero-order valence-corrected chi connectivity index (χ0v) is 12.7. The molecule has 0 aliphatic heterocycles. The van der Waals surface area contributed by atoms with Crippen LogP contribution < -0.4 is 5.32 Å². The van der Waals surface area contributed by atoms with Crippen LogP contribution in [0.5, 0.6) is 0 Å². The lowest BCUT2D eigenvalue weighted by molar-refractivity contribution is -0.141. The molecule has 0 bridgehead atoms. The highest BCUT2D eigenvalue weighted by Gasteiger charge is 2.43. The van der Waals surface area contributed by atoms with Crippen molar-refractivity contribution in [3.8, 4) is 0 Å². The predicted octanol–water partition coefficient (Wildman–Crippen LogP) is 1.50. The van der Waals surface area contributed by atoms with Gasteiger partial charge in [0.15, 0.2) is 0 Å². The van der Waals surface area contributed by atoms with Gasteiger partial charge in [0.05, 0.1) is 11.8 Å². The number of carboxylic acid groups (broad SMARTS) is 1. The summed E-state index contributed by atoms with van der Waals surface area (Å²) in [6.07, 6.45) is 1.19. The van der Waals surface area contributed by atoms with E-state index in [0.717, 1.165) is 5.56 Å². The van der Waals surface area contributed by atoms with Gasteiger partial charge < -0.3 is 15.3 Å². The summed E-state index contributed by atoms with van der Waals surface area (Å²) in [4.78, 5) is 36.0. The number of hydrogen-bond acceptors (Lipinski definition) is 3. The molecule has 2 N–H and O–H groups in total. The van der Waals surface area contributed by atoms with Crippen LogP contribution in [0.25, 0.3) is 0 Å². The molecule has 1 fully saturated rings. The average Bonchev–Trinajstić information content (AvgIpc) is 2.94. The monoisotopic (exact) mass is 304 g/mol. The second-order valence-corrected chi connectivity index (χ2v) is 5.81. The zero-order chi connectivity index (χ0) is 16.3. The molecule has 0 aromatic heterocycles. The van der Waals surface area contributed by atoms with E-state index in [1.807, 2.05) is 19.1 Å². The summed E-state index contributed by atoms with van der Waals surface area (Å²) in [5, 5.41) is 12.0. The Bertz CT molecular complexity index is 570. The Labute approximate surface area is 129 Å². The standard InChI is InChI=1S/C16H20N2O4/c1-10-3-5-12(6-4-10)17-15(20)13-7-11(16(21)22)8-14(13)18(2)9-19/h3-6,9,11,13-14H,7-8H2,1-2H3,(H,17,20)(H,21,22). The van der Waals surface area contributed by atoms with Crippen LogP contribution in [-0.2, 0) is 14.4 Å². The molecule has 6 nitrogen and oxygen atoms in total. The Morgan fingerprint density at radius 2 is 1.91 bits per heavy atom. The van der Waals surface area contributed by atoms with Crippen LogP contribution in [-0.4, -0.2) is 41.4 Å². The van der Waals surface area contributed by atoms with E-state index in [1.54, 1.807) is 19.2 Å². The predicted molar refractivity (Wildman–Crippen MR) is 81.3 cm³/mol. The number of carboxylic acids is 1. The summed E-state index contributed by atoms with van der Waals surface area (Å²) in [5.41, 5.74) is 1.75. The van der Waals surface area contributed by atoms with Crippen molar-refractivity contribution in [2.24, 2.45) is 11.8 Å². The van der Waals surface area contributed by atoms with Crippen molar-refractivity contribution in [1.29, 1.82) is 0 Å². The molecule has 1 aromatic rings. The number of aliphatic carboxylic acids is 1. The minimum atomic E-state index is -0.921. The number of anilines is 1. The largest absolute Gasteiger partial charge is 0.481 e. The second kappa shape index (κ2) is 6.60. The Morgan fingerprint density at radius 1 is 1.27 bits per heavy atom. The minimum Gasteiger partial charge on any atom is -0.481 e. The first-order valence-electron chi connectivity index (χ1n) is 7.20. The fraction of sp³-hybridized carbons (Fsp3) is 0.438. The quantitative estimate of drug-likeness (QED) is 0.807. The van der Waals surface area contributed by atoms with Crippen LogP contribution in [0.3, 0.4) is 0 Å². The summed E-state index contributed by atoms with van der Waals surface area (Å²) in [6, 6.07) is 6.99. The van der Waals surface area contributed by atoms with Crippen LogP contribution in [0, 0.1) is 18.8 Å². The van der Waals surface area contributed by atoms with Crippen LogP contribution in [0.1, 0.15) is 18.4 Å². The Balaban J connectivity index is 2.12. The molecule has 2 amide bonds. The summed E-state index contributed by atoms with van der Waals surface area (Å²) in [7, 11) is 1.58. The van der Waals surface area contributed by atoms with Crippen molar-refractivity contribution in [1.82, 2.24) is 4.90 Å². The van der Waals surface area contributed by atoms with Crippen LogP contribution in [0.2, 0.25) is 0 Å². The van der Waals surface area contributed by atoms with Gasteiger partial charge in [0, 0.05) is 18.8 Å². The lowest BCUT2D eigenvalue weighted by Crippen LogP contribution is -2.39. The second-order valence-electron chi connectivity index (χ2n) is 5.81. The topological polar surface area (TPSA) is 86.7 Å². The van der Waals surface area contributed by atoms with Crippen molar-refractivity contribution >= 4 is 24.0 Å². The highest BCUT2D eigenvalue weighted by molar-refractivity contribution is 5.94. The first kappa shape index (κ1) is 16.0. The summed E-state index contributed by atoms with van der Waals surface area (Å²) in [5.74, 6) is -2.28. The highest BCUT2D eigenvalue weighted by Crippen LogP contribution is 2.35. The van der Waals surface area contributed by atoms with Gasteiger partial charge in [-0.05, 0) is 31.9 Å². The number of rotatable bonds is 5. The van der Waals surface area contributed by atoms with Crippen molar-refractivity contribution in [2.45, 2.75) is 25.8 Å². The number of aryl methyl sites for hydroxylation is 1. The number of carbonyl (C=O) groups excluding carboxylic acids is 2. The summed E-state index contributed by atoms with van der Waals surface area (Å²) in [6.45, 7) is 1.95. The van der Waals surface area contributed by atoms with E-state index in [4.69, 9.17) is 5.11 Å². The Morgan fingerprint density at radius 3 is 2.45 bits per heavy atom. The Kier molecular flexibility index (Phi) is 4.80. The SMILES string of the molecule is Cc1ccc(NC(=O)C2CC(C(=O)O)CC2N(C)C=O)cc1. The van der Waals surface area contributed by atoms with Crippen molar-refractivity contribution < 1.29 is 19.5 Å². The number of hydrogen-bond donors (Lipinski definition) is 2. The number of amides is 2. The zero-order valence-electron chi connectivity index (χ0n) is 12.7. The number of carbonyl (C=O) groups is 3. The van der Waals surface area contributed by atoms with E-state index in [9.17, 15) is 14.4 Å². The van der Waals surface area contributed by atoms with Gasteiger partial charge in [-0.2, -0.15) is 0 Å². The van der Waals surface area contributed by atoms with E-state index < -0.39 is 17.8 Å². The first-order valence-corrected chi connectivity index (χ1v) is 7.20. The molecule has 0 spiro atoms. The minimum absolute atomic E-state index is 0.244. The third-order valence-corrected chi connectivity index (χ3v) is 4.22. The molecule has 0 saturated heterocycles. The molecule has 118 valence electrons. The molecular formula is C16H20N2O4. The molecule has 0 heterocycles. The number of nitrogens with zero attached hydrogens (tertiary/aromatic N) is 1. The lowest BCUT2D eigenvalue weighted by atomic mass is 10.0. The highest BCUT2D eigenvalue weighted by atomic mass is 16.4. The maximum absolute atomic E-state index is 12.5. The van der Waals surface area contributed by atoms with E-state index in [2.05, 4.69) is 5.32 Å². The van der Waals surface area contributed by atoms with Crippen molar-refractivity contribution in [3.05, 3.63) is 29.8 Å². The molecule has 3 atom stereocenters. The van der Waals surface area contributed by atoms with Crippen LogP contribution in [0.15, 0.2) is 24.3 Å². The fourth-order valence-corrected chi connectivity index (χ4v) is 2.90. The van der Waals surface area contributed by atoms with E-state index >= 15 is 0 Å². The number of nitrogens with one attached hydrogen (secondary N) is 1. The van der Waals surface area contributed by atoms with Gasteiger partial charge in [0.1, 0.15) is 0 Å². The number of benzene rings is 1. The summed E-state index contributed by atoms with van der Waals surface area (Å²) < 4.78 is 0. The lowest BCUT2D eigenvalue weighted by Gasteiger charge is -2.25. The van der Waals surface area contributed by atoms with Gasteiger partial charge in [-0.1, -0.05) is 17.7 Å². The molecule has 1 aliphatic carbocycles. The average molecular weight is 304 g/mol. The maximum atomic E-state index is 12.5. The first-order chi connectivity index (χ1) is 10.4. The molecule has 1 saturated carbocycles. The smallest absolute Gasteiger partial charge is 0.306 e. The van der Waals surface area contributed by atoms with Crippen molar-refractivity contribution in [3.63, 3.8) is 0 Å². The van der Waals surface area contributed by atoms with Gasteiger partial charge in [0.2, 0.25) is 12.3 Å². The van der Waals surface area contributed by atoms with E-state index in [0.29, 0.717) is 18.5 Å². The molecule has 1 aliphatic rings. The third kappa shape index (κ3) is 3.44. The van der Waals surface area contributed by atoms with E-state index in [-0.39, 0.29) is 18.4 Å². The van der Waals surface area contributed by atoms with Gasteiger partial charge >= 0.3 is 5.97 Å². The molecular weight excluding hydrogens is 284 g/mol. The molecule has 3 unspecified atom stereocenters. The molecule has 6 heteroatoms. The molecule has 0 radical (unpaired) electrons. The van der Waals surface area contributed by atoms with Gasteiger partial charge in [-0.3, -0.25) is 14.4 Å².